The predicted octanol–water partition coefficient (Wildman–Crippen LogP) is 0.860. The number of piperazine rings is 1. The minimum Gasteiger partial charge on any atom is -0.398 e. The largest absolute Gasteiger partial charge is 0.418 e. The summed E-state index contributed by atoms with van der Waals surface area (Å²) in [5, 5.41) is 2.52. The molecule has 20 heavy (non-hydrogen) atoms. The number of amides is 2. The van der Waals surface area contributed by atoms with Crippen LogP contribution < -0.4 is 11.1 Å². The number of carbonyl (C=O) groups excluding carboxylic acids is 2. The molecule has 2 amide bonds. The summed E-state index contributed by atoms with van der Waals surface area (Å²) in [6, 6.07) is 3.16. The minimum absolute atomic E-state index is 0.186. The number of para-hydroxylation sites is 1. The molecular formula is C12H12F3N3O2. The van der Waals surface area contributed by atoms with Crippen LogP contribution in [0.3, 0.4) is 0 Å². The second-order valence-electron chi connectivity index (χ2n) is 4.34. The lowest BCUT2D eigenvalue weighted by molar-refractivity contribution is -0.137. The van der Waals surface area contributed by atoms with Gasteiger partial charge in [0.15, 0.2) is 0 Å². The Labute approximate surface area is 112 Å². The third-order valence-corrected chi connectivity index (χ3v) is 2.97. The fourth-order valence-corrected chi connectivity index (χ4v) is 1.98. The van der Waals surface area contributed by atoms with Gasteiger partial charge in [-0.25, -0.2) is 0 Å². The van der Waals surface area contributed by atoms with Crippen LogP contribution in [0.1, 0.15) is 15.9 Å². The van der Waals surface area contributed by atoms with Crippen molar-refractivity contribution < 1.29 is 22.8 Å². The molecule has 5 nitrogen and oxygen atoms in total. The molecule has 1 aromatic rings. The van der Waals surface area contributed by atoms with Gasteiger partial charge in [-0.2, -0.15) is 13.2 Å². The number of benzene rings is 1. The van der Waals surface area contributed by atoms with Crippen LogP contribution in [0.5, 0.6) is 0 Å². The molecule has 3 N–H and O–H groups in total. The van der Waals surface area contributed by atoms with Gasteiger partial charge in [-0.1, -0.05) is 6.07 Å². The van der Waals surface area contributed by atoms with Gasteiger partial charge >= 0.3 is 6.18 Å². The molecule has 1 saturated heterocycles. The molecule has 0 radical (unpaired) electrons. The topological polar surface area (TPSA) is 75.4 Å². The van der Waals surface area contributed by atoms with Crippen molar-refractivity contribution in [2.45, 2.75) is 6.18 Å². The van der Waals surface area contributed by atoms with Gasteiger partial charge in [0, 0.05) is 13.1 Å². The third kappa shape index (κ3) is 2.68. The maximum Gasteiger partial charge on any atom is 0.418 e. The van der Waals surface area contributed by atoms with Crippen LogP contribution in [0.4, 0.5) is 18.9 Å². The molecule has 1 aliphatic rings. The van der Waals surface area contributed by atoms with Crippen molar-refractivity contribution in [3.8, 4) is 0 Å². The first-order chi connectivity index (χ1) is 9.30. The molecule has 0 bridgehead atoms. The number of nitrogens with zero attached hydrogens (tertiary/aromatic N) is 1. The van der Waals surface area contributed by atoms with E-state index in [1.54, 1.807) is 0 Å². The van der Waals surface area contributed by atoms with Crippen LogP contribution in [0.2, 0.25) is 0 Å². The Balaban J connectivity index is 2.33. The molecule has 108 valence electrons. The van der Waals surface area contributed by atoms with E-state index in [1.807, 2.05) is 0 Å². The van der Waals surface area contributed by atoms with Crippen LogP contribution in [-0.2, 0) is 11.0 Å². The Kier molecular flexibility index (Phi) is 3.56. The predicted molar refractivity (Wildman–Crippen MR) is 64.8 cm³/mol. The van der Waals surface area contributed by atoms with E-state index in [-0.39, 0.29) is 31.1 Å². The number of hydrogen-bond donors (Lipinski definition) is 2. The Morgan fingerprint density at radius 1 is 1.35 bits per heavy atom. The fraction of sp³-hybridized carbons (Fsp3) is 0.333. The Bertz CT molecular complexity index is 557. The zero-order chi connectivity index (χ0) is 14.9. The number of alkyl halides is 3. The maximum absolute atomic E-state index is 12.7. The van der Waals surface area contributed by atoms with Crippen molar-refractivity contribution in [2.75, 3.05) is 25.4 Å². The number of halogens is 3. The molecule has 0 aromatic heterocycles. The second-order valence-corrected chi connectivity index (χ2v) is 4.34. The monoisotopic (exact) mass is 287 g/mol. The standard InChI is InChI=1S/C12H12F3N3O2/c13-12(14,15)8-3-1-2-7(10(8)16)11(20)18-5-4-17-9(19)6-18/h1-3H,4-6,16H2,(H,17,19). The maximum atomic E-state index is 12.7. The van der Waals surface area contributed by atoms with Gasteiger partial charge in [0.05, 0.1) is 23.4 Å². The highest BCUT2D eigenvalue weighted by atomic mass is 19.4. The van der Waals surface area contributed by atoms with E-state index in [0.29, 0.717) is 0 Å². The van der Waals surface area contributed by atoms with Gasteiger partial charge in [-0.15, -0.1) is 0 Å². The lowest BCUT2D eigenvalue weighted by Gasteiger charge is -2.27. The summed E-state index contributed by atoms with van der Waals surface area (Å²) < 4.78 is 38.2. The van der Waals surface area contributed by atoms with Gasteiger partial charge in [0.1, 0.15) is 0 Å². The van der Waals surface area contributed by atoms with Crippen molar-refractivity contribution in [1.29, 1.82) is 0 Å². The van der Waals surface area contributed by atoms with Gasteiger partial charge < -0.3 is 16.0 Å². The van der Waals surface area contributed by atoms with E-state index in [4.69, 9.17) is 5.73 Å². The van der Waals surface area contributed by atoms with Crippen LogP contribution in [-0.4, -0.2) is 36.3 Å². The fourth-order valence-electron chi connectivity index (χ4n) is 1.98. The van der Waals surface area contributed by atoms with Gasteiger partial charge in [0.2, 0.25) is 5.91 Å². The van der Waals surface area contributed by atoms with E-state index in [2.05, 4.69) is 5.32 Å². The summed E-state index contributed by atoms with van der Waals surface area (Å²) in [5.41, 5.74) is 3.54. The van der Waals surface area contributed by atoms with Crippen LogP contribution in [0.25, 0.3) is 0 Å². The SMILES string of the molecule is Nc1c(C(=O)N2CCNC(=O)C2)cccc1C(F)(F)F. The quantitative estimate of drug-likeness (QED) is 0.752. The third-order valence-electron chi connectivity index (χ3n) is 2.97. The summed E-state index contributed by atoms with van der Waals surface area (Å²) in [7, 11) is 0. The normalized spacial score (nSPS) is 15.9. The summed E-state index contributed by atoms with van der Waals surface area (Å²) >= 11 is 0. The highest BCUT2D eigenvalue weighted by Gasteiger charge is 2.35. The lowest BCUT2D eigenvalue weighted by Crippen LogP contribution is -2.50. The number of nitrogens with two attached hydrogens (primary N) is 1. The van der Waals surface area contributed by atoms with E-state index in [9.17, 15) is 22.8 Å². The molecule has 2 rings (SSSR count). The smallest absolute Gasteiger partial charge is 0.398 e. The van der Waals surface area contributed by atoms with E-state index in [0.717, 1.165) is 12.1 Å². The first-order valence-electron chi connectivity index (χ1n) is 5.82. The van der Waals surface area contributed by atoms with Crippen molar-refractivity contribution in [2.24, 2.45) is 0 Å². The van der Waals surface area contributed by atoms with Gasteiger partial charge in [0.25, 0.3) is 5.91 Å². The average molecular weight is 287 g/mol. The molecule has 0 unspecified atom stereocenters. The summed E-state index contributed by atoms with van der Waals surface area (Å²) in [4.78, 5) is 24.5. The molecule has 1 aromatic carbocycles. The number of nitrogens with one attached hydrogen (secondary N) is 1. The lowest BCUT2D eigenvalue weighted by atomic mass is 10.1. The molecule has 0 aliphatic carbocycles. The zero-order valence-corrected chi connectivity index (χ0v) is 10.3. The first kappa shape index (κ1) is 14.2. The Morgan fingerprint density at radius 3 is 2.65 bits per heavy atom. The molecular weight excluding hydrogens is 275 g/mol. The molecule has 1 heterocycles. The van der Waals surface area contributed by atoms with Crippen molar-refractivity contribution in [3.63, 3.8) is 0 Å². The van der Waals surface area contributed by atoms with E-state index < -0.39 is 23.3 Å². The average Bonchev–Trinajstić information content (AvgIpc) is 2.37. The number of hydrogen-bond acceptors (Lipinski definition) is 3. The van der Waals surface area contributed by atoms with Crippen molar-refractivity contribution >= 4 is 17.5 Å². The number of nitrogen functional groups attached to an aromatic ring is 1. The Hall–Kier alpha value is -2.25. The molecule has 1 fully saturated rings. The number of rotatable bonds is 1. The molecule has 0 saturated carbocycles. The number of anilines is 1. The molecule has 1 aliphatic heterocycles. The van der Waals surface area contributed by atoms with Crippen LogP contribution in [0.15, 0.2) is 18.2 Å². The molecule has 8 heteroatoms. The van der Waals surface area contributed by atoms with Crippen molar-refractivity contribution in [3.05, 3.63) is 29.3 Å². The first-order valence-corrected chi connectivity index (χ1v) is 5.82. The van der Waals surface area contributed by atoms with Gasteiger partial charge in [-0.3, -0.25) is 9.59 Å². The molecule has 0 spiro atoms. The number of carbonyl (C=O) groups is 2. The van der Waals surface area contributed by atoms with Gasteiger partial charge in [-0.05, 0) is 12.1 Å². The second kappa shape index (κ2) is 5.03. The van der Waals surface area contributed by atoms with E-state index >= 15 is 0 Å². The summed E-state index contributed by atoms with van der Waals surface area (Å²) in [6.45, 7) is 0.318. The summed E-state index contributed by atoms with van der Waals surface area (Å²) in [6.07, 6.45) is -4.63. The highest BCUT2D eigenvalue weighted by Crippen LogP contribution is 2.35. The van der Waals surface area contributed by atoms with Crippen LogP contribution >= 0.6 is 0 Å². The highest BCUT2D eigenvalue weighted by molar-refractivity contribution is 6.01. The Morgan fingerprint density at radius 2 is 2.05 bits per heavy atom. The molecule has 0 atom stereocenters. The minimum atomic E-state index is -4.63. The van der Waals surface area contributed by atoms with Crippen LogP contribution in [0, 0.1) is 0 Å². The van der Waals surface area contributed by atoms with E-state index in [1.165, 1.54) is 11.0 Å². The summed E-state index contributed by atoms with van der Waals surface area (Å²) in [5.74, 6) is -1.03. The van der Waals surface area contributed by atoms with Crippen molar-refractivity contribution in [1.82, 2.24) is 10.2 Å². The zero-order valence-electron chi connectivity index (χ0n) is 10.3.